The van der Waals surface area contributed by atoms with Crippen LogP contribution in [0.1, 0.15) is 5.69 Å². The molecule has 1 aromatic rings. The van der Waals surface area contributed by atoms with E-state index in [9.17, 15) is 0 Å². The highest BCUT2D eigenvalue weighted by Crippen LogP contribution is 2.08. The van der Waals surface area contributed by atoms with E-state index in [1.807, 2.05) is 0 Å². The molecule has 1 aromatic heterocycles. The van der Waals surface area contributed by atoms with E-state index < -0.39 is 0 Å². The Morgan fingerprint density at radius 3 is 3.20 bits per heavy atom. The van der Waals surface area contributed by atoms with Crippen LogP contribution < -0.4 is 5.32 Å². The quantitative estimate of drug-likeness (QED) is 0.654. The van der Waals surface area contributed by atoms with Crippen molar-refractivity contribution in [2.75, 3.05) is 12.0 Å². The van der Waals surface area contributed by atoms with Gasteiger partial charge in [0.15, 0.2) is 5.82 Å². The second-order valence-electron chi connectivity index (χ2n) is 1.81. The molecule has 2 N–H and O–H groups in total. The van der Waals surface area contributed by atoms with Gasteiger partial charge in [0.1, 0.15) is 12.4 Å². The molecule has 0 amide bonds. The molecule has 0 fully saturated rings. The maximum Gasteiger partial charge on any atom is 0.154 e. The van der Waals surface area contributed by atoms with Gasteiger partial charge in [0, 0.05) is 0 Å². The predicted molar refractivity (Wildman–Crippen MR) is 45.0 cm³/mol. The van der Waals surface area contributed by atoms with Gasteiger partial charge in [0.25, 0.3) is 0 Å². The van der Waals surface area contributed by atoms with Crippen molar-refractivity contribution in [2.45, 2.75) is 0 Å². The van der Waals surface area contributed by atoms with Crippen LogP contribution in [-0.2, 0) is 0 Å². The largest absolute Gasteiger partial charge is 0.349 e. The summed E-state index contributed by atoms with van der Waals surface area (Å²) in [6.45, 7) is 0.637. The van der Waals surface area contributed by atoms with Crippen molar-refractivity contribution < 1.29 is 0 Å². The zero-order valence-corrected chi connectivity index (χ0v) is 6.88. The lowest BCUT2D eigenvalue weighted by atomic mass is 10.4. The molecule has 10 heavy (non-hydrogen) atoms. The van der Waals surface area contributed by atoms with Gasteiger partial charge in [0.05, 0.1) is 12.5 Å². The van der Waals surface area contributed by atoms with E-state index in [0.717, 1.165) is 11.5 Å². The average molecular weight is 203 g/mol. The van der Waals surface area contributed by atoms with Gasteiger partial charge in [-0.05, 0) is 0 Å². The van der Waals surface area contributed by atoms with E-state index >= 15 is 0 Å². The van der Waals surface area contributed by atoms with Crippen LogP contribution in [0.2, 0.25) is 0 Å². The van der Waals surface area contributed by atoms with Gasteiger partial charge in [-0.2, -0.15) is 0 Å². The number of H-pyrrole nitrogens is 1. The Hall–Kier alpha value is -0.840. The number of nitrogens with one attached hydrogen (secondary N) is 2. The average Bonchev–Trinajstić information content (AvgIpc) is 2.33. The summed E-state index contributed by atoms with van der Waals surface area (Å²) in [5.74, 6) is 0.894. The van der Waals surface area contributed by atoms with Crippen molar-refractivity contribution in [1.82, 2.24) is 9.97 Å². The first-order valence-corrected chi connectivity index (χ1v) is 2.74. The van der Waals surface area contributed by atoms with E-state index in [-0.39, 0.29) is 17.0 Å². The summed E-state index contributed by atoms with van der Waals surface area (Å²) in [4.78, 5) is 10.9. The first-order valence-electron chi connectivity index (χ1n) is 2.74. The van der Waals surface area contributed by atoms with E-state index in [2.05, 4.69) is 20.3 Å². The van der Waals surface area contributed by atoms with Crippen LogP contribution in [0, 0.1) is 0 Å². The summed E-state index contributed by atoms with van der Waals surface area (Å²) in [6.07, 6.45) is 3.42. The lowest BCUT2D eigenvalue weighted by Crippen LogP contribution is -2.06. The number of aromatic nitrogens is 2. The highest BCUT2D eigenvalue weighted by Gasteiger charge is 2.03. The lowest BCUT2D eigenvalue weighted by Gasteiger charge is -2.03. The summed E-state index contributed by atoms with van der Waals surface area (Å²) >= 11 is 0. The lowest BCUT2D eigenvalue weighted by molar-refractivity contribution is 1.10. The molecule has 2 heterocycles. The summed E-state index contributed by atoms with van der Waals surface area (Å²) in [5.41, 5.74) is 0.959. The predicted octanol–water partition coefficient (Wildman–Crippen LogP) is 0.789. The van der Waals surface area contributed by atoms with Gasteiger partial charge < -0.3 is 10.3 Å². The Kier molecular flexibility index (Phi) is 2.06. The Morgan fingerprint density at radius 1 is 1.50 bits per heavy atom. The second kappa shape index (κ2) is 2.83. The van der Waals surface area contributed by atoms with Crippen molar-refractivity contribution >= 4 is 29.0 Å². The van der Waals surface area contributed by atoms with Gasteiger partial charge in [-0.15, -0.1) is 17.0 Å². The molecule has 1 aliphatic heterocycles. The zero-order valence-electron chi connectivity index (χ0n) is 5.16. The van der Waals surface area contributed by atoms with Gasteiger partial charge in [-0.3, -0.25) is 4.99 Å². The van der Waals surface area contributed by atoms with Crippen LogP contribution in [0.3, 0.4) is 0 Å². The number of nitrogens with zero attached hydrogens (tertiary/aromatic N) is 2. The molecule has 54 valence electrons. The fourth-order valence-corrected chi connectivity index (χ4v) is 0.801. The fraction of sp³-hybridized carbons (Fsp3) is 0.200. The molecule has 5 heteroatoms. The maximum atomic E-state index is 4.00. The third-order valence-electron chi connectivity index (χ3n) is 1.23. The van der Waals surface area contributed by atoms with Crippen molar-refractivity contribution in [3.8, 4) is 0 Å². The minimum atomic E-state index is 0. The molecule has 0 bridgehead atoms. The van der Waals surface area contributed by atoms with Crippen molar-refractivity contribution in [2.24, 2.45) is 4.99 Å². The van der Waals surface area contributed by atoms with Crippen LogP contribution >= 0.6 is 17.0 Å². The number of rotatable bonds is 0. The summed E-state index contributed by atoms with van der Waals surface area (Å²) in [5, 5.41) is 3.00. The van der Waals surface area contributed by atoms with Gasteiger partial charge in [-0.1, -0.05) is 0 Å². The number of hydrogen-bond donors (Lipinski definition) is 2. The third-order valence-corrected chi connectivity index (χ3v) is 1.23. The highest BCUT2D eigenvalue weighted by molar-refractivity contribution is 8.93. The van der Waals surface area contributed by atoms with Crippen LogP contribution in [0.4, 0.5) is 5.82 Å². The van der Waals surface area contributed by atoms with E-state index in [4.69, 9.17) is 0 Å². The first kappa shape index (κ1) is 7.27. The minimum absolute atomic E-state index is 0. The monoisotopic (exact) mass is 202 g/mol. The van der Waals surface area contributed by atoms with E-state index in [1.54, 1.807) is 12.5 Å². The third kappa shape index (κ3) is 1.04. The molecule has 4 nitrogen and oxygen atoms in total. The second-order valence-corrected chi connectivity index (χ2v) is 1.81. The van der Waals surface area contributed by atoms with Gasteiger partial charge in [0.2, 0.25) is 0 Å². The molecule has 0 aliphatic carbocycles. The molecule has 0 saturated carbocycles. The van der Waals surface area contributed by atoms with Crippen molar-refractivity contribution in [1.29, 1.82) is 0 Å². The molecule has 0 unspecified atom stereocenters. The molecular weight excluding hydrogens is 196 g/mol. The van der Waals surface area contributed by atoms with Crippen LogP contribution in [0.25, 0.3) is 0 Å². The molecule has 0 saturated heterocycles. The van der Waals surface area contributed by atoms with Crippen molar-refractivity contribution in [3.63, 3.8) is 0 Å². The molecular formula is C5H7BrN4. The van der Waals surface area contributed by atoms with Crippen LogP contribution in [0.5, 0.6) is 0 Å². The fourth-order valence-electron chi connectivity index (χ4n) is 0.801. The smallest absolute Gasteiger partial charge is 0.154 e. The standard InChI is InChI=1S/C5H6N4.BrH/c1-4-5(8-2-6-1)9-3-7-4;/h1,3,8H,2H2,(H,7,9);1H. The van der Waals surface area contributed by atoms with Crippen LogP contribution in [0.15, 0.2) is 11.3 Å². The maximum absolute atomic E-state index is 4.00. The summed E-state index contributed by atoms with van der Waals surface area (Å²) in [7, 11) is 0. The Morgan fingerprint density at radius 2 is 2.40 bits per heavy atom. The number of fused-ring (bicyclic) bond motifs is 1. The minimum Gasteiger partial charge on any atom is -0.349 e. The SMILES string of the molecule is Br.C1=NCNc2nc[nH]c21. The molecule has 2 rings (SSSR count). The summed E-state index contributed by atoms with van der Waals surface area (Å²) < 4.78 is 0. The number of anilines is 1. The number of imidazole rings is 1. The Labute approximate surface area is 68.5 Å². The Balaban J connectivity index is 0.000000500. The normalized spacial score (nSPS) is 13.2. The Bertz CT molecular complexity index is 242. The zero-order chi connectivity index (χ0) is 6.10. The van der Waals surface area contributed by atoms with Gasteiger partial charge in [-0.25, -0.2) is 4.98 Å². The number of hydrogen-bond acceptors (Lipinski definition) is 3. The van der Waals surface area contributed by atoms with Crippen molar-refractivity contribution in [3.05, 3.63) is 12.0 Å². The molecule has 0 aromatic carbocycles. The molecule has 1 aliphatic rings. The summed E-state index contributed by atoms with van der Waals surface area (Å²) in [6, 6.07) is 0. The molecule has 0 radical (unpaired) electrons. The van der Waals surface area contributed by atoms with Gasteiger partial charge >= 0.3 is 0 Å². The van der Waals surface area contributed by atoms with E-state index in [0.29, 0.717) is 6.67 Å². The first-order chi connectivity index (χ1) is 4.47. The molecule has 0 atom stereocenters. The number of halogens is 1. The number of aliphatic imine (C=N–C) groups is 1. The van der Waals surface area contributed by atoms with E-state index in [1.165, 1.54) is 0 Å². The number of aromatic amines is 1. The topological polar surface area (TPSA) is 53.1 Å². The molecule has 0 spiro atoms. The highest BCUT2D eigenvalue weighted by atomic mass is 79.9. The van der Waals surface area contributed by atoms with Crippen LogP contribution in [-0.4, -0.2) is 22.9 Å².